The van der Waals surface area contributed by atoms with Crippen molar-refractivity contribution >= 4 is 22.7 Å². The molecule has 24 heavy (non-hydrogen) atoms. The lowest BCUT2D eigenvalue weighted by Gasteiger charge is -2.36. The first kappa shape index (κ1) is 14.9. The van der Waals surface area contributed by atoms with Crippen molar-refractivity contribution in [2.24, 2.45) is 0 Å². The summed E-state index contributed by atoms with van der Waals surface area (Å²) in [7, 11) is 0. The Kier molecular flexibility index (Phi) is 3.76. The molecule has 1 aromatic carbocycles. The van der Waals surface area contributed by atoms with E-state index in [4.69, 9.17) is 0 Å². The lowest BCUT2D eigenvalue weighted by Crippen LogP contribution is -2.47. The Labute approximate surface area is 139 Å². The van der Waals surface area contributed by atoms with Crippen molar-refractivity contribution in [1.29, 1.82) is 0 Å². The second-order valence-electron chi connectivity index (χ2n) is 5.83. The summed E-state index contributed by atoms with van der Waals surface area (Å²) in [6.45, 7) is 5.95. The monoisotopic (exact) mass is 326 g/mol. The number of rotatable bonds is 3. The van der Waals surface area contributed by atoms with E-state index in [0.717, 1.165) is 49.7 Å². The van der Waals surface area contributed by atoms with Gasteiger partial charge in [-0.2, -0.15) is 0 Å². The topological polar surface area (TPSA) is 50.1 Å². The Hall–Kier alpha value is -2.70. The second kappa shape index (κ2) is 6.07. The third kappa shape index (κ3) is 2.46. The Balaban J connectivity index is 1.56. The number of fused-ring (bicyclic) bond motifs is 1. The van der Waals surface area contributed by atoms with E-state index < -0.39 is 0 Å². The number of hydrogen-bond acceptors (Lipinski definition) is 5. The maximum absolute atomic E-state index is 14.0. The lowest BCUT2D eigenvalue weighted by atomic mass is 10.2. The van der Waals surface area contributed by atoms with Gasteiger partial charge in [0.2, 0.25) is 0 Å². The van der Waals surface area contributed by atoms with Crippen LogP contribution in [0.25, 0.3) is 11.2 Å². The van der Waals surface area contributed by atoms with Gasteiger partial charge in [-0.1, -0.05) is 12.1 Å². The van der Waals surface area contributed by atoms with Gasteiger partial charge in [0.15, 0.2) is 17.0 Å². The summed E-state index contributed by atoms with van der Waals surface area (Å²) < 4.78 is 16.0. The van der Waals surface area contributed by atoms with Gasteiger partial charge in [-0.15, -0.1) is 0 Å². The Morgan fingerprint density at radius 2 is 1.75 bits per heavy atom. The zero-order valence-corrected chi connectivity index (χ0v) is 13.6. The zero-order valence-electron chi connectivity index (χ0n) is 13.6. The highest BCUT2D eigenvalue weighted by atomic mass is 19.1. The average Bonchev–Trinajstić information content (AvgIpc) is 3.05. The van der Waals surface area contributed by atoms with E-state index in [1.54, 1.807) is 18.7 Å². The molecule has 0 radical (unpaired) electrons. The molecule has 1 aliphatic rings. The smallest absolute Gasteiger partial charge is 0.165 e. The number of halogens is 1. The number of anilines is 2. The van der Waals surface area contributed by atoms with Gasteiger partial charge < -0.3 is 14.4 Å². The maximum Gasteiger partial charge on any atom is 0.165 e. The van der Waals surface area contributed by atoms with E-state index in [2.05, 4.69) is 31.7 Å². The summed E-state index contributed by atoms with van der Waals surface area (Å²) in [6.07, 6.45) is 3.40. The molecular formula is C17H19FN6. The summed E-state index contributed by atoms with van der Waals surface area (Å²) in [5, 5.41) is 0. The molecule has 1 saturated heterocycles. The van der Waals surface area contributed by atoms with E-state index in [-0.39, 0.29) is 5.82 Å². The number of piperazine rings is 1. The van der Waals surface area contributed by atoms with Crippen LogP contribution in [0, 0.1) is 5.82 Å². The number of aryl methyl sites for hydroxylation is 1. The van der Waals surface area contributed by atoms with Crippen molar-refractivity contribution in [3.05, 3.63) is 42.7 Å². The predicted octanol–water partition coefficient (Wildman–Crippen LogP) is 2.31. The highest BCUT2D eigenvalue weighted by molar-refractivity contribution is 5.83. The van der Waals surface area contributed by atoms with Gasteiger partial charge in [-0.05, 0) is 19.1 Å². The van der Waals surface area contributed by atoms with E-state index in [1.807, 2.05) is 16.7 Å². The molecule has 0 atom stereocenters. The summed E-state index contributed by atoms with van der Waals surface area (Å²) in [5.74, 6) is 0.692. The van der Waals surface area contributed by atoms with Crippen LogP contribution in [0.15, 0.2) is 36.9 Å². The number of nitrogens with zero attached hydrogens (tertiary/aromatic N) is 6. The van der Waals surface area contributed by atoms with E-state index in [0.29, 0.717) is 5.69 Å². The van der Waals surface area contributed by atoms with Gasteiger partial charge in [0.1, 0.15) is 12.1 Å². The molecule has 2 aromatic heterocycles. The first-order valence-corrected chi connectivity index (χ1v) is 8.18. The van der Waals surface area contributed by atoms with Crippen LogP contribution in [-0.4, -0.2) is 45.7 Å². The minimum absolute atomic E-state index is 0.169. The molecule has 0 spiro atoms. The van der Waals surface area contributed by atoms with Gasteiger partial charge in [-0.25, -0.2) is 19.3 Å². The fourth-order valence-corrected chi connectivity index (χ4v) is 3.20. The molecular weight excluding hydrogens is 307 g/mol. The quantitative estimate of drug-likeness (QED) is 0.739. The highest BCUT2D eigenvalue weighted by Gasteiger charge is 2.22. The van der Waals surface area contributed by atoms with E-state index >= 15 is 0 Å². The molecule has 3 heterocycles. The molecule has 1 fully saturated rings. The van der Waals surface area contributed by atoms with E-state index in [1.165, 1.54) is 6.07 Å². The SMILES string of the molecule is CCn1cnc2c(N3CCN(c4ccccc4F)CC3)ncnc21. The largest absolute Gasteiger partial charge is 0.366 e. The maximum atomic E-state index is 14.0. The molecule has 0 N–H and O–H groups in total. The number of aromatic nitrogens is 4. The minimum Gasteiger partial charge on any atom is -0.366 e. The normalized spacial score (nSPS) is 15.2. The van der Waals surface area contributed by atoms with Gasteiger partial charge >= 0.3 is 0 Å². The van der Waals surface area contributed by atoms with Crippen LogP contribution in [0.1, 0.15) is 6.92 Å². The van der Waals surface area contributed by atoms with Crippen LogP contribution in [0.2, 0.25) is 0 Å². The standard InChI is InChI=1S/C17H19FN6/c1-2-22-12-21-15-16(22)19-11-20-17(15)24-9-7-23(8-10-24)14-6-4-3-5-13(14)18/h3-6,11-12H,2,7-10H2,1H3. The van der Waals surface area contributed by atoms with Gasteiger partial charge in [0, 0.05) is 32.7 Å². The summed E-state index contributed by atoms with van der Waals surface area (Å²) >= 11 is 0. The van der Waals surface area contributed by atoms with E-state index in [9.17, 15) is 4.39 Å². The summed E-state index contributed by atoms with van der Waals surface area (Å²) in [6, 6.07) is 6.93. The Morgan fingerprint density at radius 3 is 2.50 bits per heavy atom. The van der Waals surface area contributed by atoms with Gasteiger partial charge in [0.05, 0.1) is 12.0 Å². The molecule has 3 aromatic rings. The average molecular weight is 326 g/mol. The van der Waals surface area contributed by atoms with Crippen molar-refractivity contribution < 1.29 is 4.39 Å². The van der Waals surface area contributed by atoms with Crippen LogP contribution in [-0.2, 0) is 6.54 Å². The molecule has 0 unspecified atom stereocenters. The predicted molar refractivity (Wildman–Crippen MR) is 91.8 cm³/mol. The summed E-state index contributed by atoms with van der Waals surface area (Å²) in [5.41, 5.74) is 2.36. The number of hydrogen-bond donors (Lipinski definition) is 0. The second-order valence-corrected chi connectivity index (χ2v) is 5.83. The lowest BCUT2D eigenvalue weighted by molar-refractivity contribution is 0.596. The molecule has 1 aliphatic heterocycles. The van der Waals surface area contributed by atoms with Crippen LogP contribution in [0.5, 0.6) is 0 Å². The molecule has 0 saturated carbocycles. The molecule has 7 heteroatoms. The molecule has 0 aliphatic carbocycles. The van der Waals surface area contributed by atoms with Crippen LogP contribution in [0.3, 0.4) is 0 Å². The minimum atomic E-state index is -0.169. The molecule has 4 rings (SSSR count). The molecule has 124 valence electrons. The highest BCUT2D eigenvalue weighted by Crippen LogP contribution is 2.25. The Bertz CT molecular complexity index is 853. The van der Waals surface area contributed by atoms with Gasteiger partial charge in [-0.3, -0.25) is 0 Å². The van der Waals surface area contributed by atoms with Crippen molar-refractivity contribution in [3.8, 4) is 0 Å². The van der Waals surface area contributed by atoms with Crippen LogP contribution < -0.4 is 9.80 Å². The first-order valence-electron chi connectivity index (χ1n) is 8.18. The third-order valence-corrected chi connectivity index (χ3v) is 4.49. The fourth-order valence-electron chi connectivity index (χ4n) is 3.20. The molecule has 0 amide bonds. The summed E-state index contributed by atoms with van der Waals surface area (Å²) in [4.78, 5) is 17.5. The van der Waals surface area contributed by atoms with Crippen LogP contribution >= 0.6 is 0 Å². The zero-order chi connectivity index (χ0) is 16.5. The number of imidazole rings is 1. The van der Waals surface area contributed by atoms with Crippen LogP contribution in [0.4, 0.5) is 15.9 Å². The molecule has 6 nitrogen and oxygen atoms in total. The number of benzene rings is 1. The number of para-hydroxylation sites is 1. The van der Waals surface area contributed by atoms with Crippen molar-refractivity contribution in [1.82, 2.24) is 19.5 Å². The van der Waals surface area contributed by atoms with Crippen molar-refractivity contribution in [2.45, 2.75) is 13.5 Å². The van der Waals surface area contributed by atoms with Crippen molar-refractivity contribution in [2.75, 3.05) is 36.0 Å². The molecule has 0 bridgehead atoms. The first-order chi connectivity index (χ1) is 11.8. The van der Waals surface area contributed by atoms with Crippen molar-refractivity contribution in [3.63, 3.8) is 0 Å². The fraction of sp³-hybridized carbons (Fsp3) is 0.353. The third-order valence-electron chi connectivity index (χ3n) is 4.49. The Morgan fingerprint density at radius 1 is 1.00 bits per heavy atom. The van der Waals surface area contributed by atoms with Gasteiger partial charge in [0.25, 0.3) is 0 Å².